The van der Waals surface area contributed by atoms with Gasteiger partial charge in [-0.05, 0) is 37.2 Å². The van der Waals surface area contributed by atoms with E-state index in [0.717, 1.165) is 31.1 Å². The van der Waals surface area contributed by atoms with Gasteiger partial charge < -0.3 is 0 Å². The number of hydrogen-bond donors (Lipinski definition) is 0. The van der Waals surface area contributed by atoms with E-state index in [1.54, 1.807) is 0 Å². The van der Waals surface area contributed by atoms with Crippen LogP contribution in [-0.4, -0.2) is 6.29 Å². The largest absolute Gasteiger partial charge is 0.298 e. The van der Waals surface area contributed by atoms with Crippen molar-refractivity contribution < 1.29 is 4.79 Å². The van der Waals surface area contributed by atoms with E-state index in [9.17, 15) is 4.79 Å². The van der Waals surface area contributed by atoms with Crippen LogP contribution in [0.25, 0.3) is 0 Å². The maximum atomic E-state index is 11.4. The van der Waals surface area contributed by atoms with Gasteiger partial charge >= 0.3 is 0 Å². The molecule has 26 heavy (non-hydrogen) atoms. The predicted molar refractivity (Wildman–Crippen MR) is 118 cm³/mol. The quantitative estimate of drug-likeness (QED) is 0.0917. The fourth-order valence-electron chi connectivity index (χ4n) is 3.62. The Morgan fingerprint density at radius 3 is 1.77 bits per heavy atom. The fraction of sp³-hybridized carbons (Fsp3) is 0.800. The molecule has 152 valence electrons. The highest BCUT2D eigenvalue weighted by atomic mass is 16.1. The van der Waals surface area contributed by atoms with E-state index in [1.165, 1.54) is 89.9 Å². The van der Waals surface area contributed by atoms with E-state index in [1.807, 2.05) is 6.08 Å². The number of carbonyl (C=O) groups is 1. The Labute approximate surface area is 164 Å². The third-order valence-corrected chi connectivity index (χ3v) is 5.32. The van der Waals surface area contributed by atoms with Crippen molar-refractivity contribution in [2.24, 2.45) is 5.92 Å². The van der Waals surface area contributed by atoms with Crippen molar-refractivity contribution in [3.05, 3.63) is 24.3 Å². The normalized spacial score (nSPS) is 12.9. The molecular weight excluding hydrogens is 316 g/mol. The summed E-state index contributed by atoms with van der Waals surface area (Å²) in [5.41, 5.74) is 1.02. The van der Waals surface area contributed by atoms with E-state index in [0.29, 0.717) is 5.92 Å². The summed E-state index contributed by atoms with van der Waals surface area (Å²) in [5, 5.41) is 0. The zero-order valence-corrected chi connectivity index (χ0v) is 17.9. The van der Waals surface area contributed by atoms with Crippen LogP contribution in [0.2, 0.25) is 0 Å². The van der Waals surface area contributed by atoms with Crippen LogP contribution in [0.5, 0.6) is 0 Å². The number of hydrogen-bond acceptors (Lipinski definition) is 1. The van der Waals surface area contributed by atoms with Crippen molar-refractivity contribution in [3.8, 4) is 0 Å². The first-order valence-corrected chi connectivity index (χ1v) is 11.5. The lowest BCUT2D eigenvalue weighted by Crippen LogP contribution is -1.99. The van der Waals surface area contributed by atoms with Gasteiger partial charge in [0.2, 0.25) is 0 Å². The van der Waals surface area contributed by atoms with Crippen molar-refractivity contribution in [1.82, 2.24) is 0 Å². The molecule has 1 heteroatoms. The Kier molecular flexibility index (Phi) is 19.8. The van der Waals surface area contributed by atoms with E-state index >= 15 is 0 Å². The van der Waals surface area contributed by atoms with Gasteiger partial charge in [0, 0.05) is 0 Å². The summed E-state index contributed by atoms with van der Waals surface area (Å²) in [4.78, 5) is 11.4. The summed E-state index contributed by atoms with van der Waals surface area (Å²) in [6.07, 6.45) is 27.1. The van der Waals surface area contributed by atoms with Crippen LogP contribution in [0, 0.1) is 5.92 Å². The monoisotopic (exact) mass is 362 g/mol. The Balaban J connectivity index is 4.01. The van der Waals surface area contributed by atoms with Gasteiger partial charge in [0.25, 0.3) is 0 Å². The van der Waals surface area contributed by atoms with Gasteiger partial charge in [-0.15, -0.1) is 6.58 Å². The molecule has 0 aromatic heterocycles. The third-order valence-electron chi connectivity index (χ3n) is 5.32. The van der Waals surface area contributed by atoms with Gasteiger partial charge in [0.15, 0.2) is 0 Å². The molecule has 0 aromatic carbocycles. The number of unbranched alkanes of at least 4 members (excludes halogenated alkanes) is 12. The molecule has 0 fully saturated rings. The second-order valence-corrected chi connectivity index (χ2v) is 7.93. The van der Waals surface area contributed by atoms with Gasteiger partial charge in [-0.25, -0.2) is 0 Å². The lowest BCUT2D eigenvalue weighted by Gasteiger charge is -2.12. The first-order chi connectivity index (χ1) is 12.8. The molecule has 0 bridgehead atoms. The van der Waals surface area contributed by atoms with Crippen LogP contribution >= 0.6 is 0 Å². The Morgan fingerprint density at radius 2 is 1.27 bits per heavy atom. The summed E-state index contributed by atoms with van der Waals surface area (Å²) in [6.45, 7) is 8.43. The first kappa shape index (κ1) is 25.1. The summed E-state index contributed by atoms with van der Waals surface area (Å²) < 4.78 is 0. The topological polar surface area (TPSA) is 17.1 Å². The van der Waals surface area contributed by atoms with Gasteiger partial charge in [-0.1, -0.05) is 109 Å². The van der Waals surface area contributed by atoms with Gasteiger partial charge in [0.05, 0.1) is 0 Å². The molecule has 0 N–H and O–H groups in total. The molecule has 1 unspecified atom stereocenters. The van der Waals surface area contributed by atoms with Crippen molar-refractivity contribution in [3.63, 3.8) is 0 Å². The molecule has 0 saturated carbocycles. The van der Waals surface area contributed by atoms with Crippen LogP contribution in [0.4, 0.5) is 0 Å². The molecule has 0 aliphatic rings. The fourth-order valence-corrected chi connectivity index (χ4v) is 3.62. The highest BCUT2D eigenvalue weighted by molar-refractivity contribution is 5.73. The molecule has 0 rings (SSSR count). The molecule has 0 radical (unpaired) electrons. The summed E-state index contributed by atoms with van der Waals surface area (Å²) in [7, 11) is 0. The van der Waals surface area contributed by atoms with E-state index in [4.69, 9.17) is 0 Å². The molecule has 1 nitrogen and oxygen atoms in total. The lowest BCUT2D eigenvalue weighted by molar-refractivity contribution is -0.105. The molecule has 0 aromatic rings. The second-order valence-electron chi connectivity index (χ2n) is 7.93. The predicted octanol–water partition coefficient (Wildman–Crippen LogP) is 8.59. The molecule has 0 spiro atoms. The minimum absolute atomic E-state index is 0.507. The minimum Gasteiger partial charge on any atom is -0.298 e. The number of aldehydes is 1. The lowest BCUT2D eigenvalue weighted by atomic mass is 9.93. The van der Waals surface area contributed by atoms with Crippen LogP contribution in [0.1, 0.15) is 123 Å². The molecule has 0 amide bonds. The Morgan fingerprint density at radius 1 is 0.769 bits per heavy atom. The van der Waals surface area contributed by atoms with Crippen molar-refractivity contribution in [2.45, 2.75) is 123 Å². The van der Waals surface area contributed by atoms with Gasteiger partial charge in [0.1, 0.15) is 6.29 Å². The van der Waals surface area contributed by atoms with Crippen LogP contribution in [0.3, 0.4) is 0 Å². The second kappa shape index (κ2) is 20.5. The van der Waals surface area contributed by atoms with E-state index in [-0.39, 0.29) is 0 Å². The van der Waals surface area contributed by atoms with E-state index in [2.05, 4.69) is 26.5 Å². The molecule has 0 aliphatic heterocycles. The van der Waals surface area contributed by atoms with Crippen molar-refractivity contribution in [1.29, 1.82) is 0 Å². The van der Waals surface area contributed by atoms with Crippen molar-refractivity contribution >= 4 is 6.29 Å². The van der Waals surface area contributed by atoms with E-state index < -0.39 is 0 Å². The maximum absolute atomic E-state index is 11.4. The highest BCUT2D eigenvalue weighted by Gasteiger charge is 2.06. The average Bonchev–Trinajstić information content (AvgIpc) is 2.65. The van der Waals surface area contributed by atoms with Gasteiger partial charge in [-0.2, -0.15) is 0 Å². The maximum Gasteiger partial charge on any atom is 0.145 e. The molecule has 0 heterocycles. The number of allylic oxidation sites excluding steroid dienone is 3. The highest BCUT2D eigenvalue weighted by Crippen LogP contribution is 2.20. The minimum atomic E-state index is 0.507. The smallest absolute Gasteiger partial charge is 0.145 e. The van der Waals surface area contributed by atoms with Gasteiger partial charge in [-0.3, -0.25) is 4.79 Å². The first-order valence-electron chi connectivity index (χ1n) is 11.5. The zero-order valence-electron chi connectivity index (χ0n) is 17.9. The number of rotatable bonds is 20. The Bertz CT molecular complexity index is 342. The number of carbonyl (C=O) groups excluding carboxylic acids is 1. The van der Waals surface area contributed by atoms with Crippen molar-refractivity contribution in [2.75, 3.05) is 0 Å². The van der Waals surface area contributed by atoms with Crippen LogP contribution < -0.4 is 0 Å². The molecule has 0 aliphatic carbocycles. The zero-order chi connectivity index (χ0) is 19.3. The summed E-state index contributed by atoms with van der Waals surface area (Å²) in [6, 6.07) is 0. The molecule has 0 saturated heterocycles. The Hall–Kier alpha value is -0.850. The van der Waals surface area contributed by atoms with Crippen LogP contribution in [0.15, 0.2) is 24.3 Å². The SMILES string of the molecule is C=CCC(/C=C(/C=O)CCCCCCCCC)CCCCCCCCC. The summed E-state index contributed by atoms with van der Waals surface area (Å²) in [5.74, 6) is 0.507. The average molecular weight is 363 g/mol. The summed E-state index contributed by atoms with van der Waals surface area (Å²) >= 11 is 0. The molecular formula is C25H46O. The van der Waals surface area contributed by atoms with Crippen LogP contribution in [-0.2, 0) is 4.79 Å². The third kappa shape index (κ3) is 16.6. The molecule has 1 atom stereocenters. The standard InChI is InChI=1S/C25H46O/c1-4-7-9-11-13-15-17-20-24(19-6-3)22-25(23-26)21-18-16-14-12-10-8-5-2/h6,22-24H,3-5,7-21H2,1-2H3/b25-22+.